The van der Waals surface area contributed by atoms with Gasteiger partial charge in [-0.05, 0) is 19.1 Å². The number of carbonyl (C=O) groups excluding carboxylic acids is 1. The van der Waals surface area contributed by atoms with Crippen LogP contribution in [0.25, 0.3) is 0 Å². The lowest BCUT2D eigenvalue weighted by Gasteiger charge is -2.18. The van der Waals surface area contributed by atoms with Gasteiger partial charge in [0, 0.05) is 21.1 Å². The molecule has 1 amide bonds. The lowest BCUT2D eigenvalue weighted by molar-refractivity contribution is -0.121. The molecular weight excluding hydrogens is 280 g/mol. The Morgan fingerprint density at radius 2 is 1.95 bits per heavy atom. The first-order valence-corrected chi connectivity index (χ1v) is 7.45. The number of nitrogens with two attached hydrogens (primary N) is 1. The number of para-hydroxylation sites is 1. The summed E-state index contributed by atoms with van der Waals surface area (Å²) in [6.45, 7) is 1.66. The fraction of sp³-hybridized carbons (Fsp3) is 0.417. The van der Waals surface area contributed by atoms with Crippen LogP contribution in [0.3, 0.4) is 0 Å². The predicted octanol–water partition coefficient (Wildman–Crippen LogP) is 0.0655. The molecule has 112 valence electrons. The van der Waals surface area contributed by atoms with Crippen LogP contribution in [0.1, 0.15) is 6.92 Å². The van der Waals surface area contributed by atoms with E-state index in [1.165, 1.54) is 27.2 Å². The van der Waals surface area contributed by atoms with Crippen LogP contribution in [0.5, 0.6) is 0 Å². The van der Waals surface area contributed by atoms with Crippen molar-refractivity contribution in [1.82, 2.24) is 9.62 Å². The zero-order valence-electron chi connectivity index (χ0n) is 12.0. The minimum atomic E-state index is -3.62. The molecule has 0 aromatic heterocycles. The first-order valence-electron chi connectivity index (χ1n) is 6.01. The largest absolute Gasteiger partial charge is 0.396 e. The highest BCUT2D eigenvalue weighted by molar-refractivity contribution is 7.89. The Kier molecular flexibility index (Phi) is 4.96. The zero-order chi connectivity index (χ0) is 15.5. The van der Waals surface area contributed by atoms with E-state index in [9.17, 15) is 13.2 Å². The van der Waals surface area contributed by atoms with Crippen LogP contribution >= 0.6 is 0 Å². The van der Waals surface area contributed by atoms with E-state index in [1.807, 2.05) is 0 Å². The van der Waals surface area contributed by atoms with E-state index in [-0.39, 0.29) is 16.5 Å². The van der Waals surface area contributed by atoms with Gasteiger partial charge >= 0.3 is 0 Å². The summed E-state index contributed by atoms with van der Waals surface area (Å²) >= 11 is 0. The number of nitrogens with zero attached hydrogens (tertiary/aromatic N) is 1. The molecule has 0 aliphatic heterocycles. The third kappa shape index (κ3) is 3.20. The van der Waals surface area contributed by atoms with E-state index < -0.39 is 16.1 Å². The Balaban J connectivity index is 3.18. The summed E-state index contributed by atoms with van der Waals surface area (Å²) in [6, 6.07) is 4.11. The van der Waals surface area contributed by atoms with Gasteiger partial charge in [-0.2, -0.15) is 0 Å². The van der Waals surface area contributed by atoms with Crippen LogP contribution in [0.15, 0.2) is 23.1 Å². The summed E-state index contributed by atoms with van der Waals surface area (Å²) in [7, 11) is 0.766. The van der Waals surface area contributed by atoms with Crippen LogP contribution < -0.4 is 16.4 Å². The van der Waals surface area contributed by atoms with Crippen molar-refractivity contribution >= 4 is 27.3 Å². The van der Waals surface area contributed by atoms with Gasteiger partial charge in [-0.15, -0.1) is 0 Å². The monoisotopic (exact) mass is 300 g/mol. The standard InChI is InChI=1S/C12H20N4O3S/c1-8(12(17)14-2)15-9-6-5-7-10(11(9)13)20(18,19)16(3)4/h5-8,15H,13H2,1-4H3,(H,14,17). The van der Waals surface area contributed by atoms with Gasteiger partial charge in [-0.3, -0.25) is 4.79 Å². The Labute approximate surface area is 119 Å². The summed E-state index contributed by atoms with van der Waals surface area (Å²) in [5.74, 6) is -0.217. The first-order chi connectivity index (χ1) is 9.21. The number of benzene rings is 1. The average molecular weight is 300 g/mol. The Bertz CT molecular complexity index is 599. The van der Waals surface area contributed by atoms with E-state index in [0.717, 1.165) is 4.31 Å². The number of sulfonamides is 1. The van der Waals surface area contributed by atoms with Crippen molar-refractivity contribution < 1.29 is 13.2 Å². The minimum Gasteiger partial charge on any atom is -0.396 e. The smallest absolute Gasteiger partial charge is 0.244 e. The van der Waals surface area contributed by atoms with E-state index in [2.05, 4.69) is 10.6 Å². The van der Waals surface area contributed by atoms with Crippen molar-refractivity contribution in [2.45, 2.75) is 17.9 Å². The Morgan fingerprint density at radius 1 is 1.35 bits per heavy atom. The lowest BCUT2D eigenvalue weighted by Crippen LogP contribution is -2.35. The number of likely N-dealkylation sites (N-methyl/N-ethyl adjacent to an activating group) is 1. The number of nitrogens with one attached hydrogen (secondary N) is 2. The molecule has 0 aliphatic carbocycles. The van der Waals surface area contributed by atoms with E-state index >= 15 is 0 Å². The maximum absolute atomic E-state index is 12.1. The molecule has 0 fully saturated rings. The van der Waals surface area contributed by atoms with Crippen molar-refractivity contribution in [1.29, 1.82) is 0 Å². The molecule has 1 rings (SSSR count). The summed E-state index contributed by atoms with van der Waals surface area (Å²) < 4.78 is 25.3. The van der Waals surface area contributed by atoms with Crippen molar-refractivity contribution in [2.24, 2.45) is 0 Å². The highest BCUT2D eigenvalue weighted by Gasteiger charge is 2.22. The summed E-state index contributed by atoms with van der Waals surface area (Å²) in [6.07, 6.45) is 0. The van der Waals surface area contributed by atoms with Crippen LogP contribution in [0, 0.1) is 0 Å². The molecule has 0 saturated carbocycles. The van der Waals surface area contributed by atoms with Gasteiger partial charge in [-0.25, -0.2) is 12.7 Å². The number of anilines is 2. The number of rotatable bonds is 5. The van der Waals surface area contributed by atoms with Gasteiger partial charge in [0.2, 0.25) is 15.9 Å². The predicted molar refractivity (Wildman–Crippen MR) is 78.9 cm³/mol. The molecule has 4 N–H and O–H groups in total. The van der Waals surface area contributed by atoms with Crippen molar-refractivity contribution in [2.75, 3.05) is 32.2 Å². The molecular formula is C12H20N4O3S. The molecule has 0 aliphatic rings. The molecule has 20 heavy (non-hydrogen) atoms. The molecule has 0 radical (unpaired) electrons. The van der Waals surface area contributed by atoms with E-state index in [0.29, 0.717) is 5.69 Å². The van der Waals surface area contributed by atoms with Gasteiger partial charge < -0.3 is 16.4 Å². The number of carbonyl (C=O) groups is 1. The first kappa shape index (κ1) is 16.3. The molecule has 0 heterocycles. The Hall–Kier alpha value is -1.80. The second-order valence-electron chi connectivity index (χ2n) is 4.49. The average Bonchev–Trinajstić information content (AvgIpc) is 2.39. The second kappa shape index (κ2) is 6.10. The van der Waals surface area contributed by atoms with Gasteiger partial charge in [0.15, 0.2) is 0 Å². The molecule has 1 unspecified atom stereocenters. The summed E-state index contributed by atoms with van der Waals surface area (Å²) in [4.78, 5) is 11.5. The SMILES string of the molecule is CNC(=O)C(C)Nc1cccc(S(=O)(=O)N(C)C)c1N. The summed E-state index contributed by atoms with van der Waals surface area (Å²) in [5, 5.41) is 5.39. The highest BCUT2D eigenvalue weighted by atomic mass is 32.2. The number of hydrogen-bond donors (Lipinski definition) is 3. The van der Waals surface area contributed by atoms with E-state index in [4.69, 9.17) is 5.73 Å². The second-order valence-corrected chi connectivity index (χ2v) is 6.61. The molecule has 1 atom stereocenters. The van der Waals surface area contributed by atoms with E-state index in [1.54, 1.807) is 19.1 Å². The van der Waals surface area contributed by atoms with Crippen molar-refractivity contribution in [3.8, 4) is 0 Å². The van der Waals surface area contributed by atoms with Crippen LogP contribution in [0.2, 0.25) is 0 Å². The Morgan fingerprint density at radius 3 is 2.45 bits per heavy atom. The number of hydrogen-bond acceptors (Lipinski definition) is 5. The molecule has 7 nitrogen and oxygen atoms in total. The van der Waals surface area contributed by atoms with Gasteiger partial charge in [0.1, 0.15) is 10.9 Å². The number of amides is 1. The maximum Gasteiger partial charge on any atom is 0.244 e. The summed E-state index contributed by atoms with van der Waals surface area (Å²) in [5.41, 5.74) is 6.40. The molecule has 1 aromatic rings. The van der Waals surface area contributed by atoms with Gasteiger partial charge in [0.05, 0.1) is 11.4 Å². The van der Waals surface area contributed by atoms with Crippen molar-refractivity contribution in [3.05, 3.63) is 18.2 Å². The van der Waals surface area contributed by atoms with Gasteiger partial charge in [-0.1, -0.05) is 6.07 Å². The normalized spacial score (nSPS) is 13.1. The van der Waals surface area contributed by atoms with Crippen LogP contribution in [-0.2, 0) is 14.8 Å². The minimum absolute atomic E-state index is 0.0107. The van der Waals surface area contributed by atoms with Gasteiger partial charge in [0.25, 0.3) is 0 Å². The van der Waals surface area contributed by atoms with Crippen molar-refractivity contribution in [3.63, 3.8) is 0 Å². The lowest BCUT2D eigenvalue weighted by atomic mass is 10.2. The molecule has 0 spiro atoms. The molecule has 8 heteroatoms. The molecule has 0 bridgehead atoms. The van der Waals surface area contributed by atoms with Crippen LogP contribution in [0.4, 0.5) is 11.4 Å². The molecule has 0 saturated heterocycles. The quantitative estimate of drug-likeness (QED) is 0.667. The third-order valence-electron chi connectivity index (χ3n) is 2.84. The number of nitrogen functional groups attached to an aromatic ring is 1. The topological polar surface area (TPSA) is 105 Å². The fourth-order valence-electron chi connectivity index (χ4n) is 1.61. The maximum atomic E-state index is 12.1. The third-order valence-corrected chi connectivity index (χ3v) is 4.71. The zero-order valence-corrected chi connectivity index (χ0v) is 12.8. The fourth-order valence-corrected chi connectivity index (χ4v) is 2.64. The van der Waals surface area contributed by atoms with Crippen LogP contribution in [-0.4, -0.2) is 45.8 Å². The molecule has 1 aromatic carbocycles. The highest BCUT2D eigenvalue weighted by Crippen LogP contribution is 2.28.